The molecule has 1 aliphatic carbocycles. The second-order valence-electron chi connectivity index (χ2n) is 8.93. The van der Waals surface area contributed by atoms with Crippen molar-refractivity contribution in [2.24, 2.45) is 18.4 Å². The molecular formula is C22H34N4O4. The number of ether oxygens (including phenoxy) is 1. The van der Waals surface area contributed by atoms with Crippen LogP contribution in [0.3, 0.4) is 0 Å². The Labute approximate surface area is 178 Å². The van der Waals surface area contributed by atoms with Gasteiger partial charge in [-0.05, 0) is 43.7 Å². The van der Waals surface area contributed by atoms with Crippen molar-refractivity contribution in [3.8, 4) is 0 Å². The minimum absolute atomic E-state index is 0.00800. The van der Waals surface area contributed by atoms with Crippen molar-refractivity contribution in [3.63, 3.8) is 0 Å². The fourth-order valence-corrected chi connectivity index (χ4v) is 5.64. The Morgan fingerprint density at radius 3 is 2.77 bits per heavy atom. The monoisotopic (exact) mass is 418 g/mol. The van der Waals surface area contributed by atoms with Gasteiger partial charge in [0.05, 0.1) is 25.2 Å². The molecule has 8 nitrogen and oxygen atoms in total. The number of nitrogens with zero attached hydrogens (tertiary/aromatic N) is 3. The molecule has 1 aromatic heterocycles. The first kappa shape index (κ1) is 21.3. The molecular weight excluding hydrogens is 384 g/mol. The molecule has 3 heterocycles. The van der Waals surface area contributed by atoms with Gasteiger partial charge in [-0.3, -0.25) is 14.5 Å². The summed E-state index contributed by atoms with van der Waals surface area (Å²) in [6, 6.07) is 4.19. The summed E-state index contributed by atoms with van der Waals surface area (Å²) in [6.45, 7) is 4.79. The molecule has 0 unspecified atom stereocenters. The highest BCUT2D eigenvalue weighted by molar-refractivity contribution is 5.93. The van der Waals surface area contributed by atoms with E-state index in [0.717, 1.165) is 52.0 Å². The number of aliphatic hydroxyl groups is 1. The molecule has 1 saturated carbocycles. The molecule has 0 aromatic carbocycles. The molecule has 2 aliphatic heterocycles. The zero-order chi connectivity index (χ0) is 21.1. The quantitative estimate of drug-likeness (QED) is 0.726. The number of hydrogen-bond donors (Lipinski definition) is 2. The second-order valence-corrected chi connectivity index (χ2v) is 8.93. The van der Waals surface area contributed by atoms with Crippen LogP contribution in [0.4, 0.5) is 0 Å². The molecule has 0 spiro atoms. The number of fused-ring (bicyclic) bond motifs is 1. The maximum absolute atomic E-state index is 13.3. The van der Waals surface area contributed by atoms with Gasteiger partial charge in [-0.25, -0.2) is 0 Å². The maximum Gasteiger partial charge on any atom is 0.270 e. The van der Waals surface area contributed by atoms with Crippen molar-refractivity contribution in [2.45, 2.75) is 31.7 Å². The number of aromatic nitrogens is 1. The van der Waals surface area contributed by atoms with E-state index in [-0.39, 0.29) is 30.9 Å². The van der Waals surface area contributed by atoms with E-state index >= 15 is 0 Å². The number of likely N-dealkylation sites (tertiary alicyclic amines) is 1. The van der Waals surface area contributed by atoms with Crippen LogP contribution >= 0.6 is 0 Å². The first-order chi connectivity index (χ1) is 14.5. The van der Waals surface area contributed by atoms with E-state index in [4.69, 9.17) is 4.74 Å². The number of amides is 2. The summed E-state index contributed by atoms with van der Waals surface area (Å²) in [5, 5.41) is 12.1. The lowest BCUT2D eigenvalue weighted by Crippen LogP contribution is -2.61. The summed E-state index contributed by atoms with van der Waals surface area (Å²) in [4.78, 5) is 30.9. The Kier molecular flexibility index (Phi) is 6.46. The summed E-state index contributed by atoms with van der Waals surface area (Å²) < 4.78 is 7.34. The lowest BCUT2D eigenvalue weighted by Gasteiger charge is -2.53. The molecule has 3 atom stereocenters. The van der Waals surface area contributed by atoms with E-state index in [2.05, 4.69) is 10.2 Å². The molecule has 0 bridgehead atoms. The van der Waals surface area contributed by atoms with Crippen LogP contribution in [0.25, 0.3) is 0 Å². The Morgan fingerprint density at radius 2 is 2.07 bits per heavy atom. The average molecular weight is 419 g/mol. The number of piperidine rings is 1. The van der Waals surface area contributed by atoms with Crippen molar-refractivity contribution in [1.82, 2.24) is 19.7 Å². The Balaban J connectivity index is 1.53. The van der Waals surface area contributed by atoms with Gasteiger partial charge in [0.2, 0.25) is 5.91 Å². The van der Waals surface area contributed by atoms with Gasteiger partial charge in [-0.1, -0.05) is 0 Å². The van der Waals surface area contributed by atoms with Crippen LogP contribution in [0, 0.1) is 11.3 Å². The number of carbonyl (C=O) groups excluding carboxylic acids is 2. The highest BCUT2D eigenvalue weighted by Gasteiger charge is 2.53. The highest BCUT2D eigenvalue weighted by Crippen LogP contribution is 2.48. The van der Waals surface area contributed by atoms with E-state index in [1.807, 2.05) is 34.8 Å². The highest BCUT2D eigenvalue weighted by atomic mass is 16.5. The lowest BCUT2D eigenvalue weighted by molar-refractivity contribution is -0.143. The molecule has 1 aromatic rings. The molecule has 8 heteroatoms. The van der Waals surface area contributed by atoms with Gasteiger partial charge in [0, 0.05) is 52.0 Å². The number of carbonyl (C=O) groups is 2. The molecule has 2 saturated heterocycles. The number of nitrogens with one attached hydrogen (secondary N) is 1. The van der Waals surface area contributed by atoms with Gasteiger partial charge in [0.1, 0.15) is 5.69 Å². The smallest absolute Gasteiger partial charge is 0.270 e. The molecule has 30 heavy (non-hydrogen) atoms. The van der Waals surface area contributed by atoms with Crippen LogP contribution in [-0.4, -0.2) is 89.9 Å². The number of aryl methyl sites for hydroxylation is 1. The van der Waals surface area contributed by atoms with Crippen LogP contribution in [0.2, 0.25) is 0 Å². The predicted molar refractivity (Wildman–Crippen MR) is 112 cm³/mol. The Morgan fingerprint density at radius 1 is 1.27 bits per heavy atom. The zero-order valence-corrected chi connectivity index (χ0v) is 17.9. The number of aliphatic hydroxyl groups excluding tert-OH is 1. The van der Waals surface area contributed by atoms with E-state index in [9.17, 15) is 14.7 Å². The second kappa shape index (κ2) is 9.08. The van der Waals surface area contributed by atoms with Gasteiger partial charge in [0.15, 0.2) is 0 Å². The number of morpholine rings is 1. The topological polar surface area (TPSA) is 87.0 Å². The van der Waals surface area contributed by atoms with E-state index in [0.29, 0.717) is 24.8 Å². The van der Waals surface area contributed by atoms with Crippen LogP contribution < -0.4 is 5.32 Å². The van der Waals surface area contributed by atoms with E-state index in [1.165, 1.54) is 0 Å². The molecule has 3 aliphatic rings. The summed E-state index contributed by atoms with van der Waals surface area (Å²) in [7, 11) is 1.87. The predicted octanol–water partition coefficient (Wildman–Crippen LogP) is 0.467. The molecule has 4 rings (SSSR count). The van der Waals surface area contributed by atoms with Gasteiger partial charge in [-0.2, -0.15) is 0 Å². The zero-order valence-electron chi connectivity index (χ0n) is 17.9. The summed E-state index contributed by atoms with van der Waals surface area (Å²) in [5.74, 6) is 0.229. The first-order valence-electron chi connectivity index (χ1n) is 11.2. The van der Waals surface area contributed by atoms with E-state index in [1.54, 1.807) is 0 Å². The average Bonchev–Trinajstić information content (AvgIpc) is 3.22. The van der Waals surface area contributed by atoms with Gasteiger partial charge >= 0.3 is 0 Å². The summed E-state index contributed by atoms with van der Waals surface area (Å²) in [5.41, 5.74) is 0.0817. The van der Waals surface area contributed by atoms with Crippen LogP contribution in [-0.2, 0) is 16.6 Å². The Bertz CT molecular complexity index is 760. The van der Waals surface area contributed by atoms with Gasteiger partial charge in [-0.15, -0.1) is 0 Å². The van der Waals surface area contributed by atoms with Crippen molar-refractivity contribution < 1.29 is 19.4 Å². The fourth-order valence-electron chi connectivity index (χ4n) is 5.64. The third kappa shape index (κ3) is 4.00. The van der Waals surface area contributed by atoms with Crippen LogP contribution in [0.15, 0.2) is 18.3 Å². The third-order valence-corrected chi connectivity index (χ3v) is 7.34. The maximum atomic E-state index is 13.3. The minimum atomic E-state index is -0.572. The Hall–Kier alpha value is -1.90. The number of hydrogen-bond acceptors (Lipinski definition) is 5. The fraction of sp³-hybridized carbons (Fsp3) is 0.727. The lowest BCUT2D eigenvalue weighted by atomic mass is 9.60. The van der Waals surface area contributed by atoms with Gasteiger partial charge < -0.3 is 24.6 Å². The molecule has 0 radical (unpaired) electrons. The third-order valence-electron chi connectivity index (χ3n) is 7.34. The molecule has 2 amide bonds. The van der Waals surface area contributed by atoms with Gasteiger partial charge in [0.25, 0.3) is 5.91 Å². The summed E-state index contributed by atoms with van der Waals surface area (Å²) >= 11 is 0. The standard InChI is InChI=1S/C22H34N4O4/c1-24-8-2-3-19(24)20(28)26-9-5-17-15-18(25-10-13-30-14-11-25)4-6-22(17,16-26)21(29)23-7-12-27/h2-3,8,17-18,27H,4-7,9-16H2,1H3,(H,23,29)/t17-,18+,22-/m1/s1. The van der Waals surface area contributed by atoms with Crippen molar-refractivity contribution in [2.75, 3.05) is 52.5 Å². The summed E-state index contributed by atoms with van der Waals surface area (Å²) in [6.07, 6.45) is 5.42. The normalized spacial score (nSPS) is 30.0. The minimum Gasteiger partial charge on any atom is -0.395 e. The molecule has 2 N–H and O–H groups in total. The molecule has 166 valence electrons. The van der Waals surface area contributed by atoms with Crippen LogP contribution in [0.5, 0.6) is 0 Å². The van der Waals surface area contributed by atoms with E-state index < -0.39 is 5.41 Å². The van der Waals surface area contributed by atoms with Crippen molar-refractivity contribution in [3.05, 3.63) is 24.0 Å². The van der Waals surface area contributed by atoms with Crippen molar-refractivity contribution >= 4 is 11.8 Å². The molecule has 3 fully saturated rings. The first-order valence-corrected chi connectivity index (χ1v) is 11.2. The van der Waals surface area contributed by atoms with Crippen molar-refractivity contribution in [1.29, 1.82) is 0 Å². The SMILES string of the molecule is Cn1cccc1C(=O)N1CC[C@@H]2C[C@@H](N3CCOCC3)CC[C@@]2(C(=O)NCCO)C1. The van der Waals surface area contributed by atoms with Crippen LogP contribution in [0.1, 0.15) is 36.2 Å². The largest absolute Gasteiger partial charge is 0.395 e. The number of rotatable bonds is 5.